The van der Waals surface area contributed by atoms with Gasteiger partial charge in [-0.2, -0.15) is 0 Å². The predicted molar refractivity (Wildman–Crippen MR) is 87.7 cm³/mol. The minimum Gasteiger partial charge on any atom is -0.395 e. The zero-order valence-corrected chi connectivity index (χ0v) is 12.2. The number of hydrogen-bond acceptors (Lipinski definition) is 4. The molecule has 0 bridgehead atoms. The molecule has 5 N–H and O–H groups in total. The van der Waals surface area contributed by atoms with Gasteiger partial charge in [-0.05, 0) is 37.9 Å². The second kappa shape index (κ2) is 5.10. The molecule has 0 amide bonds. The van der Waals surface area contributed by atoms with Gasteiger partial charge in [-0.15, -0.1) is 0 Å². The van der Waals surface area contributed by atoms with Gasteiger partial charge in [0.2, 0.25) is 0 Å². The van der Waals surface area contributed by atoms with Crippen LogP contribution in [0.5, 0.6) is 0 Å². The molecule has 0 aliphatic carbocycles. The van der Waals surface area contributed by atoms with Crippen molar-refractivity contribution in [2.45, 2.75) is 6.54 Å². The number of aromatic amines is 1. The quantitative estimate of drug-likeness (QED) is 0.688. The average Bonchev–Trinajstić information content (AvgIpc) is 2.86. The standard InChI is InChI=1S/C16H19N5/c1-21(2)9-10-4-3-5-13-12(10)8-14(20-13)11-6-7-19-16(18)15(11)17/h3-8,20H,9,17H2,1-2H3,(H2,18,19). The molecule has 108 valence electrons. The molecule has 5 heteroatoms. The molecular weight excluding hydrogens is 262 g/mol. The number of rotatable bonds is 3. The number of nitrogens with zero attached hydrogens (tertiary/aromatic N) is 2. The monoisotopic (exact) mass is 281 g/mol. The van der Waals surface area contributed by atoms with E-state index in [1.165, 1.54) is 10.9 Å². The smallest absolute Gasteiger partial charge is 0.147 e. The minimum atomic E-state index is 0.361. The van der Waals surface area contributed by atoms with E-state index in [-0.39, 0.29) is 0 Å². The summed E-state index contributed by atoms with van der Waals surface area (Å²) in [6, 6.07) is 10.3. The van der Waals surface area contributed by atoms with Crippen molar-refractivity contribution < 1.29 is 0 Å². The molecule has 3 rings (SSSR count). The minimum absolute atomic E-state index is 0.361. The summed E-state index contributed by atoms with van der Waals surface area (Å²) < 4.78 is 0. The van der Waals surface area contributed by atoms with Gasteiger partial charge >= 0.3 is 0 Å². The summed E-state index contributed by atoms with van der Waals surface area (Å²) in [4.78, 5) is 9.57. The first-order valence-corrected chi connectivity index (χ1v) is 6.82. The highest BCUT2D eigenvalue weighted by Gasteiger charge is 2.11. The van der Waals surface area contributed by atoms with E-state index in [1.807, 2.05) is 6.07 Å². The summed E-state index contributed by atoms with van der Waals surface area (Å²) in [7, 11) is 4.13. The molecule has 5 nitrogen and oxygen atoms in total. The van der Waals surface area contributed by atoms with E-state index >= 15 is 0 Å². The Labute approximate surface area is 123 Å². The molecule has 2 heterocycles. The maximum Gasteiger partial charge on any atom is 0.147 e. The number of nitrogen functional groups attached to an aromatic ring is 2. The van der Waals surface area contributed by atoms with Crippen LogP contribution in [-0.4, -0.2) is 29.0 Å². The molecule has 0 fully saturated rings. The van der Waals surface area contributed by atoms with Gasteiger partial charge in [-0.3, -0.25) is 0 Å². The molecule has 0 unspecified atom stereocenters. The van der Waals surface area contributed by atoms with E-state index in [4.69, 9.17) is 11.5 Å². The molecule has 0 radical (unpaired) electrons. The Morgan fingerprint density at radius 3 is 2.76 bits per heavy atom. The number of H-pyrrole nitrogens is 1. The molecular formula is C16H19N5. The van der Waals surface area contributed by atoms with Crippen molar-refractivity contribution in [1.82, 2.24) is 14.9 Å². The Morgan fingerprint density at radius 2 is 2.00 bits per heavy atom. The van der Waals surface area contributed by atoms with Crippen LogP contribution in [0.25, 0.3) is 22.2 Å². The lowest BCUT2D eigenvalue weighted by Gasteiger charge is -2.10. The van der Waals surface area contributed by atoms with Crippen LogP contribution in [0, 0.1) is 0 Å². The molecule has 0 aliphatic rings. The fourth-order valence-electron chi connectivity index (χ4n) is 2.57. The van der Waals surface area contributed by atoms with Crippen LogP contribution < -0.4 is 11.5 Å². The highest BCUT2D eigenvalue weighted by Crippen LogP contribution is 2.31. The summed E-state index contributed by atoms with van der Waals surface area (Å²) in [6.45, 7) is 0.891. The summed E-state index contributed by atoms with van der Waals surface area (Å²) in [5, 5.41) is 1.20. The van der Waals surface area contributed by atoms with Crippen LogP contribution in [0.3, 0.4) is 0 Å². The number of hydrogen-bond donors (Lipinski definition) is 3. The first-order chi connectivity index (χ1) is 10.1. The normalized spacial score (nSPS) is 11.4. The van der Waals surface area contributed by atoms with Gasteiger partial charge in [-0.1, -0.05) is 12.1 Å². The number of pyridine rings is 1. The molecule has 0 atom stereocenters. The van der Waals surface area contributed by atoms with Gasteiger partial charge in [0.15, 0.2) is 0 Å². The Bertz CT molecular complexity index is 788. The van der Waals surface area contributed by atoms with Crippen molar-refractivity contribution in [3.63, 3.8) is 0 Å². The molecule has 1 aromatic carbocycles. The Kier molecular flexibility index (Phi) is 3.27. The van der Waals surface area contributed by atoms with Crippen molar-refractivity contribution in [1.29, 1.82) is 0 Å². The number of benzene rings is 1. The summed E-state index contributed by atoms with van der Waals surface area (Å²) in [5.74, 6) is 0.361. The summed E-state index contributed by atoms with van der Waals surface area (Å²) >= 11 is 0. The van der Waals surface area contributed by atoms with Crippen LogP contribution in [-0.2, 0) is 6.54 Å². The van der Waals surface area contributed by atoms with Gasteiger partial charge in [0.1, 0.15) is 5.82 Å². The lowest BCUT2D eigenvalue weighted by molar-refractivity contribution is 0.404. The molecule has 0 spiro atoms. The highest BCUT2D eigenvalue weighted by atomic mass is 15.0. The molecule has 2 aromatic heterocycles. The van der Waals surface area contributed by atoms with Crippen molar-refractivity contribution >= 4 is 22.4 Å². The van der Waals surface area contributed by atoms with Crippen LogP contribution >= 0.6 is 0 Å². The van der Waals surface area contributed by atoms with Gasteiger partial charge in [0.25, 0.3) is 0 Å². The SMILES string of the molecule is CN(C)Cc1cccc2[nH]c(-c3ccnc(N)c3N)cc12. The molecule has 0 saturated heterocycles. The maximum absolute atomic E-state index is 6.04. The third-order valence-corrected chi connectivity index (χ3v) is 3.55. The third kappa shape index (κ3) is 2.43. The van der Waals surface area contributed by atoms with Crippen molar-refractivity contribution in [3.8, 4) is 11.3 Å². The average molecular weight is 281 g/mol. The van der Waals surface area contributed by atoms with Crippen molar-refractivity contribution in [2.75, 3.05) is 25.6 Å². The Morgan fingerprint density at radius 1 is 1.19 bits per heavy atom. The van der Waals surface area contributed by atoms with E-state index in [2.05, 4.69) is 53.2 Å². The largest absolute Gasteiger partial charge is 0.395 e. The highest BCUT2D eigenvalue weighted by molar-refractivity contribution is 5.92. The van der Waals surface area contributed by atoms with Gasteiger partial charge in [-0.25, -0.2) is 4.98 Å². The van der Waals surface area contributed by atoms with E-state index < -0.39 is 0 Å². The lowest BCUT2D eigenvalue weighted by Crippen LogP contribution is -2.10. The second-order valence-corrected chi connectivity index (χ2v) is 5.46. The molecule has 0 saturated carbocycles. The first kappa shape index (κ1) is 13.5. The molecule has 21 heavy (non-hydrogen) atoms. The summed E-state index contributed by atoms with van der Waals surface area (Å²) in [5.41, 5.74) is 16.6. The van der Waals surface area contributed by atoms with Crippen LogP contribution in [0.2, 0.25) is 0 Å². The third-order valence-electron chi connectivity index (χ3n) is 3.55. The predicted octanol–water partition coefficient (Wildman–Crippen LogP) is 2.46. The van der Waals surface area contributed by atoms with E-state index in [0.717, 1.165) is 23.3 Å². The maximum atomic E-state index is 6.04. The Hall–Kier alpha value is -2.53. The van der Waals surface area contributed by atoms with Crippen LogP contribution in [0.15, 0.2) is 36.5 Å². The van der Waals surface area contributed by atoms with E-state index in [1.54, 1.807) is 6.20 Å². The fourth-order valence-corrected chi connectivity index (χ4v) is 2.57. The fraction of sp³-hybridized carbons (Fsp3) is 0.188. The number of nitrogens with two attached hydrogens (primary N) is 2. The molecule has 3 aromatic rings. The van der Waals surface area contributed by atoms with E-state index in [0.29, 0.717) is 11.5 Å². The van der Waals surface area contributed by atoms with Gasteiger partial charge < -0.3 is 21.4 Å². The number of aromatic nitrogens is 2. The number of fused-ring (bicyclic) bond motifs is 1. The summed E-state index contributed by atoms with van der Waals surface area (Å²) in [6.07, 6.45) is 1.67. The Balaban J connectivity index is 2.15. The first-order valence-electron chi connectivity index (χ1n) is 6.82. The van der Waals surface area contributed by atoms with Gasteiger partial charge in [0, 0.05) is 34.9 Å². The second-order valence-electron chi connectivity index (χ2n) is 5.46. The van der Waals surface area contributed by atoms with Crippen molar-refractivity contribution in [2.24, 2.45) is 0 Å². The zero-order chi connectivity index (χ0) is 15.0. The topological polar surface area (TPSA) is 84.0 Å². The zero-order valence-electron chi connectivity index (χ0n) is 12.2. The lowest BCUT2D eigenvalue weighted by atomic mass is 10.1. The van der Waals surface area contributed by atoms with Crippen LogP contribution in [0.4, 0.5) is 11.5 Å². The van der Waals surface area contributed by atoms with Crippen molar-refractivity contribution in [3.05, 3.63) is 42.1 Å². The molecule has 0 aliphatic heterocycles. The van der Waals surface area contributed by atoms with Gasteiger partial charge in [0.05, 0.1) is 5.69 Å². The number of anilines is 2. The number of nitrogens with one attached hydrogen (secondary N) is 1. The van der Waals surface area contributed by atoms with Crippen LogP contribution in [0.1, 0.15) is 5.56 Å². The van der Waals surface area contributed by atoms with E-state index in [9.17, 15) is 0 Å².